The second-order valence-electron chi connectivity index (χ2n) is 19.9. The van der Waals surface area contributed by atoms with Crippen LogP contribution in [0.15, 0.2) is 109 Å². The zero-order valence-corrected chi connectivity index (χ0v) is 47.6. The minimum absolute atomic E-state index is 0.0939. The van der Waals surface area contributed by atoms with Gasteiger partial charge in [-0.2, -0.15) is 0 Å². The maximum absolute atomic E-state index is 12.9. The van der Waals surface area contributed by atoms with Crippen molar-refractivity contribution < 1.29 is 28.6 Å². The first-order valence-corrected chi connectivity index (χ1v) is 30.4. The third-order valence-electron chi connectivity index (χ3n) is 12.7. The molecule has 6 heteroatoms. The standard InChI is InChI=1S/C67H112O6/c1-4-7-10-13-16-19-22-24-26-28-30-32-33-35-36-38-40-42-45-48-51-54-57-60-66(69)72-63-64(62-71-65(68)59-56-53-50-47-44-21-18-15-12-9-6-3)73-67(70)61-58-55-52-49-46-43-41-39-37-34-31-29-27-25-23-20-17-14-11-8-5-2/h8,11,15,17-18,20,22,24-25,27-28,30-31,33-35,39,41,64H,4-7,9-10,12-14,16,19,21,23,26,29,32,36-38,40,42-63H2,1-3H3/b11-8-,18-15-,20-17-,24-22-,27-25-,30-28-,34-31-,35-33-,41-39-. The van der Waals surface area contributed by atoms with Crippen LogP contribution in [0.1, 0.15) is 278 Å². The van der Waals surface area contributed by atoms with Gasteiger partial charge in [0.1, 0.15) is 13.2 Å². The van der Waals surface area contributed by atoms with Crippen molar-refractivity contribution in [2.45, 2.75) is 284 Å². The van der Waals surface area contributed by atoms with E-state index in [0.29, 0.717) is 19.3 Å². The zero-order valence-electron chi connectivity index (χ0n) is 47.6. The second kappa shape index (κ2) is 60.6. The molecule has 0 aromatic rings. The largest absolute Gasteiger partial charge is 0.462 e. The van der Waals surface area contributed by atoms with Crippen molar-refractivity contribution >= 4 is 17.9 Å². The lowest BCUT2D eigenvalue weighted by molar-refractivity contribution is -0.167. The Morgan fingerprint density at radius 1 is 0.288 bits per heavy atom. The highest BCUT2D eigenvalue weighted by molar-refractivity contribution is 5.71. The third-order valence-corrected chi connectivity index (χ3v) is 12.7. The van der Waals surface area contributed by atoms with Gasteiger partial charge in [0.25, 0.3) is 0 Å². The normalized spacial score (nSPS) is 12.9. The molecule has 0 radical (unpaired) electrons. The first-order valence-electron chi connectivity index (χ1n) is 30.4. The molecule has 0 N–H and O–H groups in total. The van der Waals surface area contributed by atoms with Crippen molar-refractivity contribution in [1.29, 1.82) is 0 Å². The van der Waals surface area contributed by atoms with Gasteiger partial charge < -0.3 is 14.2 Å². The minimum Gasteiger partial charge on any atom is -0.462 e. The molecule has 1 atom stereocenters. The molecule has 1 unspecified atom stereocenters. The number of hydrogen-bond donors (Lipinski definition) is 0. The van der Waals surface area contributed by atoms with E-state index in [4.69, 9.17) is 14.2 Å². The molecule has 0 heterocycles. The van der Waals surface area contributed by atoms with Crippen LogP contribution in [0.4, 0.5) is 0 Å². The van der Waals surface area contributed by atoms with Gasteiger partial charge in [0.05, 0.1) is 0 Å². The maximum atomic E-state index is 12.9. The van der Waals surface area contributed by atoms with Crippen molar-refractivity contribution in [3.63, 3.8) is 0 Å². The Kier molecular flexibility index (Phi) is 57.4. The molecule has 73 heavy (non-hydrogen) atoms. The summed E-state index contributed by atoms with van der Waals surface area (Å²) in [6.45, 7) is 6.45. The molecule has 0 fully saturated rings. The molecular weight excluding hydrogens is 901 g/mol. The first-order chi connectivity index (χ1) is 36.0. The highest BCUT2D eigenvalue weighted by Gasteiger charge is 2.19. The molecule has 0 saturated heterocycles. The van der Waals surface area contributed by atoms with Crippen LogP contribution in [0.5, 0.6) is 0 Å². The van der Waals surface area contributed by atoms with E-state index in [-0.39, 0.29) is 31.1 Å². The second-order valence-corrected chi connectivity index (χ2v) is 19.9. The summed E-state index contributed by atoms with van der Waals surface area (Å²) in [5, 5.41) is 0. The third kappa shape index (κ3) is 58.8. The van der Waals surface area contributed by atoms with E-state index in [9.17, 15) is 14.4 Å². The monoisotopic (exact) mass is 1010 g/mol. The summed E-state index contributed by atoms with van der Waals surface area (Å²) in [5.74, 6) is -0.927. The summed E-state index contributed by atoms with van der Waals surface area (Å²) in [6.07, 6.45) is 82.3. The quantitative estimate of drug-likeness (QED) is 0.0261. The molecule has 0 aliphatic carbocycles. The van der Waals surface area contributed by atoms with Crippen LogP contribution >= 0.6 is 0 Å². The predicted molar refractivity (Wildman–Crippen MR) is 316 cm³/mol. The minimum atomic E-state index is -0.798. The summed E-state index contributed by atoms with van der Waals surface area (Å²) in [4.78, 5) is 38.2. The van der Waals surface area contributed by atoms with Gasteiger partial charge in [0, 0.05) is 19.3 Å². The Morgan fingerprint density at radius 3 is 0.890 bits per heavy atom. The fraction of sp³-hybridized carbons (Fsp3) is 0.687. The molecule has 0 spiro atoms. The van der Waals surface area contributed by atoms with Gasteiger partial charge in [-0.25, -0.2) is 0 Å². The number of allylic oxidation sites excluding steroid dienone is 18. The number of esters is 3. The van der Waals surface area contributed by atoms with E-state index in [1.54, 1.807) is 0 Å². The number of unbranched alkanes of at least 4 members (excludes halogenated alkanes) is 25. The first kappa shape index (κ1) is 69.1. The van der Waals surface area contributed by atoms with Gasteiger partial charge in [-0.1, -0.05) is 246 Å². The highest BCUT2D eigenvalue weighted by Crippen LogP contribution is 2.14. The topological polar surface area (TPSA) is 78.9 Å². The number of ether oxygens (including phenoxy) is 3. The average molecular weight is 1010 g/mol. The number of carbonyl (C=O) groups is 3. The van der Waals surface area contributed by atoms with Crippen LogP contribution in [0.2, 0.25) is 0 Å². The lowest BCUT2D eigenvalue weighted by Gasteiger charge is -2.18. The van der Waals surface area contributed by atoms with E-state index in [0.717, 1.165) is 141 Å². The van der Waals surface area contributed by atoms with Crippen LogP contribution < -0.4 is 0 Å². The Balaban J connectivity index is 4.38. The SMILES string of the molecule is CC/C=C\C/C=C\C/C=C\C/C=C\C/C=C\CCCCCCCC(=O)OC(COC(=O)CCCCCCC/C=C\CCCC)COC(=O)CCCCCCCCCC/C=C\C/C=C\C/C=C\CCCCCCC. The van der Waals surface area contributed by atoms with Crippen LogP contribution in [0.25, 0.3) is 0 Å². The molecule has 0 rings (SSSR count). The smallest absolute Gasteiger partial charge is 0.306 e. The van der Waals surface area contributed by atoms with Crippen LogP contribution in [0, 0.1) is 0 Å². The van der Waals surface area contributed by atoms with Crippen LogP contribution in [-0.2, 0) is 28.6 Å². The van der Waals surface area contributed by atoms with Gasteiger partial charge in [0.15, 0.2) is 6.10 Å². The molecule has 0 saturated carbocycles. The Hall–Kier alpha value is -3.93. The van der Waals surface area contributed by atoms with Gasteiger partial charge >= 0.3 is 17.9 Å². The summed E-state index contributed by atoms with van der Waals surface area (Å²) >= 11 is 0. The van der Waals surface area contributed by atoms with E-state index in [1.807, 2.05) is 0 Å². The molecule has 6 nitrogen and oxygen atoms in total. The summed E-state index contributed by atoms with van der Waals surface area (Å²) in [7, 11) is 0. The van der Waals surface area contributed by atoms with Gasteiger partial charge in [0.2, 0.25) is 0 Å². The molecule has 0 aromatic carbocycles. The van der Waals surface area contributed by atoms with Gasteiger partial charge in [-0.3, -0.25) is 14.4 Å². The predicted octanol–water partition coefficient (Wildman–Crippen LogP) is 20.7. The zero-order chi connectivity index (χ0) is 52.9. The number of hydrogen-bond acceptors (Lipinski definition) is 6. The van der Waals surface area contributed by atoms with Crippen molar-refractivity contribution in [3.8, 4) is 0 Å². The molecular formula is C67H112O6. The van der Waals surface area contributed by atoms with Gasteiger partial charge in [-0.05, 0) is 122 Å². The Bertz CT molecular complexity index is 1490. The highest BCUT2D eigenvalue weighted by atomic mass is 16.6. The van der Waals surface area contributed by atoms with E-state index < -0.39 is 6.10 Å². The molecule has 0 aliphatic heterocycles. The van der Waals surface area contributed by atoms with Crippen LogP contribution in [0.3, 0.4) is 0 Å². The lowest BCUT2D eigenvalue weighted by Crippen LogP contribution is -2.30. The maximum Gasteiger partial charge on any atom is 0.306 e. The molecule has 416 valence electrons. The van der Waals surface area contributed by atoms with Crippen LogP contribution in [-0.4, -0.2) is 37.2 Å². The fourth-order valence-corrected chi connectivity index (χ4v) is 8.16. The Morgan fingerprint density at radius 2 is 0.548 bits per heavy atom. The molecule has 0 aliphatic rings. The summed E-state index contributed by atoms with van der Waals surface area (Å²) in [5.41, 5.74) is 0. The van der Waals surface area contributed by atoms with Crippen molar-refractivity contribution in [3.05, 3.63) is 109 Å². The van der Waals surface area contributed by atoms with Crippen molar-refractivity contribution in [1.82, 2.24) is 0 Å². The number of rotatable bonds is 54. The van der Waals surface area contributed by atoms with E-state index in [2.05, 4.69) is 130 Å². The van der Waals surface area contributed by atoms with E-state index in [1.165, 1.54) is 96.3 Å². The lowest BCUT2D eigenvalue weighted by atomic mass is 10.1. The summed E-state index contributed by atoms with van der Waals surface area (Å²) in [6, 6.07) is 0. The van der Waals surface area contributed by atoms with Crippen molar-refractivity contribution in [2.75, 3.05) is 13.2 Å². The van der Waals surface area contributed by atoms with E-state index >= 15 is 0 Å². The molecule has 0 bridgehead atoms. The molecule has 0 aromatic heterocycles. The average Bonchev–Trinajstić information content (AvgIpc) is 3.39. The summed E-state index contributed by atoms with van der Waals surface area (Å²) < 4.78 is 16.9. The number of carbonyl (C=O) groups excluding carboxylic acids is 3. The fourth-order valence-electron chi connectivity index (χ4n) is 8.16. The molecule has 0 amide bonds. The van der Waals surface area contributed by atoms with Crippen molar-refractivity contribution in [2.24, 2.45) is 0 Å². The Labute approximate surface area is 450 Å². The van der Waals surface area contributed by atoms with Gasteiger partial charge in [-0.15, -0.1) is 0 Å².